The Balaban J connectivity index is 2.54. The lowest BCUT2D eigenvalue weighted by molar-refractivity contribution is -0.130. The van der Waals surface area contributed by atoms with E-state index in [-0.39, 0.29) is 11.7 Å². The molecule has 0 radical (unpaired) electrons. The Labute approximate surface area is 99.1 Å². The highest BCUT2D eigenvalue weighted by molar-refractivity contribution is 4.92. The van der Waals surface area contributed by atoms with Crippen molar-refractivity contribution in [2.45, 2.75) is 69.7 Å². The Bertz CT molecular complexity index is 215. The van der Waals surface area contributed by atoms with Gasteiger partial charge in [-0.2, -0.15) is 0 Å². The van der Waals surface area contributed by atoms with Gasteiger partial charge in [0, 0.05) is 14.2 Å². The smallest absolute Gasteiger partial charge is 0.0909 e. The fourth-order valence-corrected chi connectivity index (χ4v) is 2.43. The lowest BCUT2D eigenvalue weighted by Crippen LogP contribution is -2.47. The first kappa shape index (κ1) is 13.9. The minimum Gasteiger partial charge on any atom is -0.387 e. The molecule has 2 atom stereocenters. The molecule has 0 aromatic rings. The fraction of sp³-hybridized carbons (Fsp3) is 1.00. The predicted molar refractivity (Wildman–Crippen MR) is 64.5 cm³/mol. The summed E-state index contributed by atoms with van der Waals surface area (Å²) in [6, 6.07) is 0. The van der Waals surface area contributed by atoms with Gasteiger partial charge in [-0.3, -0.25) is 0 Å². The second kappa shape index (κ2) is 5.48. The average molecular weight is 230 g/mol. The molecule has 3 nitrogen and oxygen atoms in total. The Morgan fingerprint density at radius 1 is 1.31 bits per heavy atom. The highest BCUT2D eigenvalue weighted by Crippen LogP contribution is 2.35. The Morgan fingerprint density at radius 3 is 2.56 bits per heavy atom. The predicted octanol–water partition coefficient (Wildman–Crippen LogP) is 2.51. The van der Waals surface area contributed by atoms with E-state index < -0.39 is 5.60 Å². The van der Waals surface area contributed by atoms with Crippen molar-refractivity contribution in [1.29, 1.82) is 0 Å². The molecule has 1 fully saturated rings. The van der Waals surface area contributed by atoms with Gasteiger partial charge in [-0.1, -0.05) is 12.8 Å². The minimum atomic E-state index is -0.650. The third-order valence-electron chi connectivity index (χ3n) is 3.92. The Morgan fingerprint density at radius 2 is 2.00 bits per heavy atom. The van der Waals surface area contributed by atoms with Crippen LogP contribution in [0.15, 0.2) is 0 Å². The molecule has 3 heteroatoms. The Hall–Kier alpha value is -0.120. The molecule has 1 N–H and O–H groups in total. The number of methoxy groups -OCH3 is 2. The second-order valence-corrected chi connectivity index (χ2v) is 5.54. The van der Waals surface area contributed by atoms with Crippen LogP contribution < -0.4 is 0 Å². The van der Waals surface area contributed by atoms with Crippen LogP contribution in [0.4, 0.5) is 0 Å². The maximum atomic E-state index is 10.6. The molecule has 0 spiro atoms. The standard InChI is InChI=1S/C13H26O3/c1-12(2,16-4)9-10-13(14)8-6-5-7-11(13)15-3/h11,14H,5-10H2,1-4H3. The molecule has 1 aliphatic carbocycles. The van der Waals surface area contributed by atoms with Crippen LogP contribution in [0.5, 0.6) is 0 Å². The van der Waals surface area contributed by atoms with Crippen LogP contribution in [0.1, 0.15) is 52.4 Å². The summed E-state index contributed by atoms with van der Waals surface area (Å²) in [7, 11) is 3.42. The zero-order chi connectivity index (χ0) is 12.2. The van der Waals surface area contributed by atoms with Crippen LogP contribution >= 0.6 is 0 Å². The maximum absolute atomic E-state index is 10.6. The van der Waals surface area contributed by atoms with Gasteiger partial charge in [0.2, 0.25) is 0 Å². The zero-order valence-electron chi connectivity index (χ0n) is 11.1. The molecule has 1 aliphatic rings. The summed E-state index contributed by atoms with van der Waals surface area (Å²) in [5.41, 5.74) is -0.811. The topological polar surface area (TPSA) is 38.7 Å². The zero-order valence-corrected chi connectivity index (χ0v) is 11.1. The molecule has 2 unspecified atom stereocenters. The summed E-state index contributed by atoms with van der Waals surface area (Å²) in [5, 5.41) is 10.6. The molecule has 0 heterocycles. The van der Waals surface area contributed by atoms with Crippen molar-refractivity contribution >= 4 is 0 Å². The number of ether oxygens (including phenoxy) is 2. The third-order valence-corrected chi connectivity index (χ3v) is 3.92. The van der Waals surface area contributed by atoms with Gasteiger partial charge in [0.15, 0.2) is 0 Å². The molecule has 0 saturated heterocycles. The molecule has 0 aromatic carbocycles. The number of rotatable bonds is 5. The normalized spacial score (nSPS) is 31.7. The molecular formula is C13H26O3. The number of hydrogen-bond acceptors (Lipinski definition) is 3. The van der Waals surface area contributed by atoms with E-state index in [9.17, 15) is 5.11 Å². The van der Waals surface area contributed by atoms with Crippen LogP contribution in [-0.4, -0.2) is 36.6 Å². The van der Waals surface area contributed by atoms with E-state index >= 15 is 0 Å². The SMILES string of the molecule is COC1CCCCC1(O)CCC(C)(C)OC. The van der Waals surface area contributed by atoms with Crippen LogP contribution in [-0.2, 0) is 9.47 Å². The third kappa shape index (κ3) is 3.44. The van der Waals surface area contributed by atoms with E-state index in [1.165, 1.54) is 0 Å². The van der Waals surface area contributed by atoms with E-state index in [4.69, 9.17) is 9.47 Å². The quantitative estimate of drug-likeness (QED) is 0.788. The molecule has 0 aromatic heterocycles. The maximum Gasteiger partial charge on any atom is 0.0909 e. The number of aliphatic hydroxyl groups is 1. The monoisotopic (exact) mass is 230 g/mol. The van der Waals surface area contributed by atoms with Crippen LogP contribution in [0.3, 0.4) is 0 Å². The lowest BCUT2D eigenvalue weighted by Gasteiger charge is -2.40. The van der Waals surface area contributed by atoms with Gasteiger partial charge < -0.3 is 14.6 Å². The lowest BCUT2D eigenvalue weighted by atomic mass is 9.77. The molecular weight excluding hydrogens is 204 g/mol. The second-order valence-electron chi connectivity index (χ2n) is 5.54. The van der Waals surface area contributed by atoms with Gasteiger partial charge in [-0.15, -0.1) is 0 Å². The van der Waals surface area contributed by atoms with Gasteiger partial charge >= 0.3 is 0 Å². The molecule has 0 aliphatic heterocycles. The van der Waals surface area contributed by atoms with E-state index in [0.29, 0.717) is 0 Å². The van der Waals surface area contributed by atoms with Crippen LogP contribution in [0.2, 0.25) is 0 Å². The number of hydrogen-bond donors (Lipinski definition) is 1. The molecule has 0 amide bonds. The van der Waals surface area contributed by atoms with Crippen molar-refractivity contribution in [3.63, 3.8) is 0 Å². The molecule has 1 rings (SSSR count). The first-order chi connectivity index (χ1) is 7.43. The first-order valence-electron chi connectivity index (χ1n) is 6.24. The Kier molecular flexibility index (Phi) is 4.77. The molecule has 0 bridgehead atoms. The van der Waals surface area contributed by atoms with Crippen molar-refractivity contribution in [2.75, 3.05) is 14.2 Å². The summed E-state index contributed by atoms with van der Waals surface area (Å²) >= 11 is 0. The van der Waals surface area contributed by atoms with E-state index in [2.05, 4.69) is 13.8 Å². The molecule has 16 heavy (non-hydrogen) atoms. The van der Waals surface area contributed by atoms with Gasteiger partial charge in [0.25, 0.3) is 0 Å². The van der Waals surface area contributed by atoms with E-state index in [0.717, 1.165) is 38.5 Å². The molecule has 1 saturated carbocycles. The van der Waals surface area contributed by atoms with Gasteiger partial charge in [0.05, 0.1) is 17.3 Å². The van der Waals surface area contributed by atoms with Crippen molar-refractivity contribution in [2.24, 2.45) is 0 Å². The van der Waals surface area contributed by atoms with Crippen LogP contribution in [0, 0.1) is 0 Å². The first-order valence-corrected chi connectivity index (χ1v) is 6.24. The summed E-state index contributed by atoms with van der Waals surface area (Å²) in [6.45, 7) is 4.11. The van der Waals surface area contributed by atoms with Crippen molar-refractivity contribution in [1.82, 2.24) is 0 Å². The highest BCUT2D eigenvalue weighted by atomic mass is 16.5. The van der Waals surface area contributed by atoms with E-state index in [1.54, 1.807) is 14.2 Å². The van der Waals surface area contributed by atoms with Gasteiger partial charge in [-0.05, 0) is 39.5 Å². The summed E-state index contributed by atoms with van der Waals surface area (Å²) < 4.78 is 10.8. The minimum absolute atomic E-state index is 0.00564. The largest absolute Gasteiger partial charge is 0.387 e. The summed E-state index contributed by atoms with van der Waals surface area (Å²) in [4.78, 5) is 0. The average Bonchev–Trinajstić information content (AvgIpc) is 2.27. The fourth-order valence-electron chi connectivity index (χ4n) is 2.43. The van der Waals surface area contributed by atoms with E-state index in [1.807, 2.05) is 0 Å². The van der Waals surface area contributed by atoms with Gasteiger partial charge in [0.1, 0.15) is 0 Å². The summed E-state index contributed by atoms with van der Waals surface area (Å²) in [5.74, 6) is 0. The van der Waals surface area contributed by atoms with Crippen molar-refractivity contribution < 1.29 is 14.6 Å². The van der Waals surface area contributed by atoms with Crippen LogP contribution in [0.25, 0.3) is 0 Å². The van der Waals surface area contributed by atoms with Crippen molar-refractivity contribution in [3.8, 4) is 0 Å². The molecule has 96 valence electrons. The highest BCUT2D eigenvalue weighted by Gasteiger charge is 2.39. The summed E-state index contributed by atoms with van der Waals surface area (Å²) in [6.07, 6.45) is 5.70. The van der Waals surface area contributed by atoms with Gasteiger partial charge in [-0.25, -0.2) is 0 Å². The van der Waals surface area contributed by atoms with Crippen molar-refractivity contribution in [3.05, 3.63) is 0 Å².